The van der Waals surface area contributed by atoms with Crippen LogP contribution in [0.5, 0.6) is 0 Å². The van der Waals surface area contributed by atoms with E-state index in [1.807, 2.05) is 24.0 Å². The largest absolute Gasteiger partial charge is 0.365 e. The normalized spacial score (nSPS) is 14.8. The minimum atomic E-state index is -0.511. The highest BCUT2D eigenvalue weighted by Gasteiger charge is 2.24. The van der Waals surface area contributed by atoms with Crippen molar-refractivity contribution in [3.8, 4) is 0 Å². The third-order valence-electron chi connectivity index (χ3n) is 3.80. The second-order valence-corrected chi connectivity index (χ2v) is 6.61. The molecule has 0 spiro atoms. The van der Waals surface area contributed by atoms with Gasteiger partial charge in [0.05, 0.1) is 10.6 Å². The molecule has 1 amide bonds. The van der Waals surface area contributed by atoms with Gasteiger partial charge in [0.1, 0.15) is 0 Å². The van der Waals surface area contributed by atoms with Crippen LogP contribution in [0.15, 0.2) is 30.5 Å². The van der Waals surface area contributed by atoms with Gasteiger partial charge in [0.15, 0.2) is 6.20 Å². The van der Waals surface area contributed by atoms with Crippen molar-refractivity contribution in [2.75, 3.05) is 31.1 Å². The number of nitrogens with zero attached hydrogens (tertiary/aromatic N) is 4. The lowest BCUT2D eigenvalue weighted by Crippen LogP contribution is -2.48. The molecule has 1 aliphatic heterocycles. The SMILES string of the molecule is Cc1ccc(C(=O)N2CCN(c3ccc([N+](=O)[O-])nc3)CC2)s1. The van der Waals surface area contributed by atoms with E-state index in [0.717, 1.165) is 15.4 Å². The fourth-order valence-corrected chi connectivity index (χ4v) is 3.38. The molecule has 2 aromatic heterocycles. The number of aromatic nitrogens is 1. The molecule has 8 heteroatoms. The molecule has 7 nitrogen and oxygen atoms in total. The van der Waals surface area contributed by atoms with Gasteiger partial charge in [0.25, 0.3) is 5.91 Å². The Labute approximate surface area is 137 Å². The Morgan fingerprint density at radius 3 is 2.48 bits per heavy atom. The van der Waals surface area contributed by atoms with Crippen LogP contribution >= 0.6 is 11.3 Å². The maximum atomic E-state index is 12.4. The number of rotatable bonds is 3. The number of hydrogen-bond donors (Lipinski definition) is 0. The molecule has 0 saturated carbocycles. The molecule has 0 bridgehead atoms. The van der Waals surface area contributed by atoms with Crippen molar-refractivity contribution in [3.63, 3.8) is 0 Å². The predicted molar refractivity (Wildman–Crippen MR) is 88.1 cm³/mol. The number of nitro groups is 1. The zero-order valence-corrected chi connectivity index (χ0v) is 13.5. The Balaban J connectivity index is 1.61. The Bertz CT molecular complexity index is 721. The number of carbonyl (C=O) groups is 1. The summed E-state index contributed by atoms with van der Waals surface area (Å²) in [6.45, 7) is 4.63. The maximum absolute atomic E-state index is 12.4. The van der Waals surface area contributed by atoms with Gasteiger partial charge < -0.3 is 19.9 Å². The Morgan fingerprint density at radius 2 is 1.96 bits per heavy atom. The van der Waals surface area contributed by atoms with Gasteiger partial charge in [0, 0.05) is 37.1 Å². The predicted octanol–water partition coefficient (Wildman–Crippen LogP) is 2.32. The molecule has 1 aliphatic rings. The summed E-state index contributed by atoms with van der Waals surface area (Å²) in [5.41, 5.74) is 0.842. The summed E-state index contributed by atoms with van der Waals surface area (Å²) in [6, 6.07) is 6.93. The lowest BCUT2D eigenvalue weighted by atomic mass is 10.2. The van der Waals surface area contributed by atoms with E-state index in [2.05, 4.69) is 9.88 Å². The van der Waals surface area contributed by atoms with E-state index in [1.165, 1.54) is 23.6 Å². The van der Waals surface area contributed by atoms with E-state index in [4.69, 9.17) is 0 Å². The highest BCUT2D eigenvalue weighted by atomic mass is 32.1. The van der Waals surface area contributed by atoms with Crippen molar-refractivity contribution < 1.29 is 9.72 Å². The van der Waals surface area contributed by atoms with Gasteiger partial charge in [-0.15, -0.1) is 11.3 Å². The molecule has 0 radical (unpaired) electrons. The van der Waals surface area contributed by atoms with Crippen LogP contribution in [0, 0.1) is 17.0 Å². The topological polar surface area (TPSA) is 79.6 Å². The fourth-order valence-electron chi connectivity index (χ4n) is 2.55. The van der Waals surface area contributed by atoms with E-state index in [-0.39, 0.29) is 11.7 Å². The quantitative estimate of drug-likeness (QED) is 0.636. The number of piperazine rings is 1. The summed E-state index contributed by atoms with van der Waals surface area (Å²) in [4.78, 5) is 32.2. The van der Waals surface area contributed by atoms with Gasteiger partial charge in [-0.2, -0.15) is 0 Å². The van der Waals surface area contributed by atoms with Crippen molar-refractivity contribution >= 4 is 28.7 Å². The molecule has 1 saturated heterocycles. The Hall–Kier alpha value is -2.48. The van der Waals surface area contributed by atoms with Gasteiger partial charge in [-0.1, -0.05) is 0 Å². The number of thiophene rings is 1. The maximum Gasteiger partial charge on any atom is 0.363 e. The highest BCUT2D eigenvalue weighted by molar-refractivity contribution is 7.13. The summed E-state index contributed by atoms with van der Waals surface area (Å²) in [5.74, 6) is -0.0831. The van der Waals surface area contributed by atoms with Crippen LogP contribution in [-0.4, -0.2) is 46.9 Å². The first kappa shape index (κ1) is 15.4. The first-order valence-electron chi connectivity index (χ1n) is 7.26. The van der Waals surface area contributed by atoms with Crippen molar-refractivity contribution in [1.29, 1.82) is 0 Å². The zero-order chi connectivity index (χ0) is 16.4. The van der Waals surface area contributed by atoms with E-state index in [1.54, 1.807) is 6.07 Å². The third-order valence-corrected chi connectivity index (χ3v) is 4.79. The third kappa shape index (κ3) is 3.31. The monoisotopic (exact) mass is 332 g/mol. The molecule has 0 atom stereocenters. The minimum absolute atomic E-state index is 0.0737. The first-order valence-corrected chi connectivity index (χ1v) is 8.07. The number of amides is 1. The number of pyridine rings is 1. The number of aryl methyl sites for hydroxylation is 1. The molecule has 0 aromatic carbocycles. The van der Waals surface area contributed by atoms with Crippen LogP contribution in [-0.2, 0) is 0 Å². The molecule has 2 aromatic rings. The Kier molecular flexibility index (Phi) is 4.24. The molecule has 120 valence electrons. The van der Waals surface area contributed by atoms with Crippen LogP contribution < -0.4 is 4.90 Å². The molecule has 23 heavy (non-hydrogen) atoms. The summed E-state index contributed by atoms with van der Waals surface area (Å²) in [5, 5.41) is 10.6. The lowest BCUT2D eigenvalue weighted by Gasteiger charge is -2.35. The molecule has 3 heterocycles. The summed E-state index contributed by atoms with van der Waals surface area (Å²) < 4.78 is 0. The van der Waals surface area contributed by atoms with Crippen molar-refractivity contribution in [3.05, 3.63) is 50.3 Å². The number of hydrogen-bond acceptors (Lipinski definition) is 6. The van der Waals surface area contributed by atoms with Gasteiger partial charge in [-0.3, -0.25) is 4.79 Å². The van der Waals surface area contributed by atoms with Crippen molar-refractivity contribution in [2.24, 2.45) is 0 Å². The highest BCUT2D eigenvalue weighted by Crippen LogP contribution is 2.21. The first-order chi connectivity index (χ1) is 11.0. The second-order valence-electron chi connectivity index (χ2n) is 5.32. The van der Waals surface area contributed by atoms with E-state index in [0.29, 0.717) is 26.2 Å². The van der Waals surface area contributed by atoms with Crippen LogP contribution in [0.2, 0.25) is 0 Å². The molecular formula is C15H16N4O3S. The average Bonchev–Trinajstić information content (AvgIpc) is 3.01. The summed E-state index contributed by atoms with van der Waals surface area (Å²) in [7, 11) is 0. The van der Waals surface area contributed by atoms with E-state index < -0.39 is 4.92 Å². The van der Waals surface area contributed by atoms with E-state index >= 15 is 0 Å². The minimum Gasteiger partial charge on any atom is -0.365 e. The van der Waals surface area contributed by atoms with E-state index in [9.17, 15) is 14.9 Å². The molecule has 0 aliphatic carbocycles. The second kappa shape index (κ2) is 6.33. The average molecular weight is 332 g/mol. The number of carbonyl (C=O) groups excluding carboxylic acids is 1. The van der Waals surface area contributed by atoms with Gasteiger partial charge in [-0.25, -0.2) is 0 Å². The lowest BCUT2D eigenvalue weighted by molar-refractivity contribution is -0.389. The summed E-state index contributed by atoms with van der Waals surface area (Å²) >= 11 is 1.51. The van der Waals surface area contributed by atoms with Crippen LogP contribution in [0.1, 0.15) is 14.5 Å². The van der Waals surface area contributed by atoms with Crippen LogP contribution in [0.3, 0.4) is 0 Å². The van der Waals surface area contributed by atoms with Gasteiger partial charge in [-0.05, 0) is 35.0 Å². The van der Waals surface area contributed by atoms with Crippen LogP contribution in [0.4, 0.5) is 11.5 Å². The fraction of sp³-hybridized carbons (Fsp3) is 0.333. The Morgan fingerprint density at radius 1 is 1.22 bits per heavy atom. The van der Waals surface area contributed by atoms with Crippen LogP contribution in [0.25, 0.3) is 0 Å². The van der Waals surface area contributed by atoms with Gasteiger partial charge >= 0.3 is 5.82 Å². The zero-order valence-electron chi connectivity index (χ0n) is 12.6. The standard InChI is InChI=1S/C15H16N4O3S/c1-11-2-4-13(23-11)15(20)18-8-6-17(7-9-18)12-3-5-14(16-10-12)19(21)22/h2-5,10H,6-9H2,1H3. The molecular weight excluding hydrogens is 316 g/mol. The van der Waals surface area contributed by atoms with Gasteiger partial charge in [0.2, 0.25) is 0 Å². The van der Waals surface area contributed by atoms with Crippen molar-refractivity contribution in [1.82, 2.24) is 9.88 Å². The molecule has 3 rings (SSSR count). The molecule has 0 unspecified atom stereocenters. The number of anilines is 1. The smallest absolute Gasteiger partial charge is 0.363 e. The van der Waals surface area contributed by atoms with Crippen molar-refractivity contribution in [2.45, 2.75) is 6.92 Å². The molecule has 0 N–H and O–H groups in total. The molecule has 1 fully saturated rings. The summed E-state index contributed by atoms with van der Waals surface area (Å²) in [6.07, 6.45) is 1.51.